The molecule has 0 saturated carbocycles. The van der Waals surface area contributed by atoms with E-state index in [1.54, 1.807) is 6.07 Å². The molecule has 8 nitrogen and oxygen atoms in total. The normalized spacial score (nSPS) is 15.7. The van der Waals surface area contributed by atoms with Crippen molar-refractivity contribution in [3.8, 4) is 5.88 Å². The van der Waals surface area contributed by atoms with Gasteiger partial charge in [0.15, 0.2) is 0 Å². The summed E-state index contributed by atoms with van der Waals surface area (Å²) in [4.78, 5) is 14.3. The van der Waals surface area contributed by atoms with Crippen LogP contribution in [0.15, 0.2) is 47.4 Å². The molecule has 24 heavy (non-hydrogen) atoms. The monoisotopic (exact) mass is 349 g/mol. The minimum Gasteiger partial charge on any atom is -0.472 e. The molecule has 0 atom stereocenters. The van der Waals surface area contributed by atoms with Gasteiger partial charge < -0.3 is 4.74 Å². The van der Waals surface area contributed by atoms with E-state index in [4.69, 9.17) is 4.74 Å². The maximum absolute atomic E-state index is 12.5. The van der Waals surface area contributed by atoms with Crippen LogP contribution in [0, 0.1) is 17.0 Å². The SMILES string of the molecule is Cc1cccc(OC2CN(S(=O)(=O)c3cccc([N+](=O)[O-])c3)C2)n1. The van der Waals surface area contributed by atoms with Crippen molar-refractivity contribution in [2.45, 2.75) is 17.9 Å². The predicted molar refractivity (Wildman–Crippen MR) is 85.2 cm³/mol. The van der Waals surface area contributed by atoms with Gasteiger partial charge in [0.1, 0.15) is 6.10 Å². The molecule has 1 aromatic carbocycles. The van der Waals surface area contributed by atoms with Crippen molar-refractivity contribution in [3.63, 3.8) is 0 Å². The highest BCUT2D eigenvalue weighted by Gasteiger charge is 2.38. The van der Waals surface area contributed by atoms with Crippen LogP contribution in [0.3, 0.4) is 0 Å². The molecular weight excluding hydrogens is 334 g/mol. The Balaban J connectivity index is 1.68. The van der Waals surface area contributed by atoms with Crippen LogP contribution in [-0.4, -0.2) is 41.8 Å². The molecule has 1 saturated heterocycles. The molecule has 1 aliphatic rings. The summed E-state index contributed by atoms with van der Waals surface area (Å²) in [5.41, 5.74) is 0.557. The van der Waals surface area contributed by atoms with Gasteiger partial charge in [0.05, 0.1) is 22.9 Å². The first-order valence-electron chi connectivity index (χ1n) is 7.21. The molecule has 0 aliphatic carbocycles. The molecule has 1 fully saturated rings. The zero-order chi connectivity index (χ0) is 17.3. The first-order chi connectivity index (χ1) is 11.4. The second-order valence-corrected chi connectivity index (χ2v) is 7.37. The average Bonchev–Trinajstić information content (AvgIpc) is 2.50. The molecule has 2 aromatic rings. The van der Waals surface area contributed by atoms with E-state index < -0.39 is 14.9 Å². The lowest BCUT2D eigenvalue weighted by atomic mass is 10.2. The van der Waals surface area contributed by atoms with Crippen molar-refractivity contribution >= 4 is 15.7 Å². The number of ether oxygens (including phenoxy) is 1. The molecule has 3 rings (SSSR count). The molecule has 0 radical (unpaired) electrons. The number of benzene rings is 1. The fraction of sp³-hybridized carbons (Fsp3) is 0.267. The lowest BCUT2D eigenvalue weighted by Crippen LogP contribution is -2.56. The largest absolute Gasteiger partial charge is 0.472 e. The van der Waals surface area contributed by atoms with Crippen molar-refractivity contribution in [1.82, 2.24) is 9.29 Å². The number of pyridine rings is 1. The van der Waals surface area contributed by atoms with Crippen molar-refractivity contribution < 1.29 is 18.1 Å². The third kappa shape index (κ3) is 3.22. The van der Waals surface area contributed by atoms with Gasteiger partial charge >= 0.3 is 0 Å². The number of nitro benzene ring substituents is 1. The summed E-state index contributed by atoms with van der Waals surface area (Å²) in [7, 11) is -3.76. The molecule has 0 amide bonds. The number of aryl methyl sites for hydroxylation is 1. The average molecular weight is 349 g/mol. The van der Waals surface area contributed by atoms with Gasteiger partial charge in [-0.25, -0.2) is 13.4 Å². The fourth-order valence-corrected chi connectivity index (χ4v) is 3.88. The summed E-state index contributed by atoms with van der Waals surface area (Å²) >= 11 is 0. The molecule has 1 aliphatic heterocycles. The molecule has 0 N–H and O–H groups in total. The van der Waals surface area contributed by atoms with Crippen LogP contribution in [-0.2, 0) is 10.0 Å². The molecule has 9 heteroatoms. The standard InChI is InChI=1S/C15H15N3O5S/c1-11-4-2-7-15(16-11)23-13-9-17(10-13)24(21,22)14-6-3-5-12(8-14)18(19)20/h2-8,13H,9-10H2,1H3. The minimum absolute atomic E-state index is 0.0937. The third-order valence-electron chi connectivity index (χ3n) is 3.63. The zero-order valence-corrected chi connectivity index (χ0v) is 13.6. The molecule has 0 unspecified atom stereocenters. The number of hydrogen-bond donors (Lipinski definition) is 0. The zero-order valence-electron chi connectivity index (χ0n) is 12.8. The minimum atomic E-state index is -3.76. The first-order valence-corrected chi connectivity index (χ1v) is 8.65. The highest BCUT2D eigenvalue weighted by Crippen LogP contribution is 2.26. The Bertz CT molecular complexity index is 878. The van der Waals surface area contributed by atoms with Crippen LogP contribution in [0.5, 0.6) is 5.88 Å². The van der Waals surface area contributed by atoms with E-state index in [1.807, 2.05) is 19.1 Å². The van der Waals surface area contributed by atoms with E-state index in [2.05, 4.69) is 4.98 Å². The fourth-order valence-electron chi connectivity index (χ4n) is 2.33. The number of aromatic nitrogens is 1. The van der Waals surface area contributed by atoms with E-state index >= 15 is 0 Å². The first kappa shape index (κ1) is 16.3. The molecule has 126 valence electrons. The summed E-state index contributed by atoms with van der Waals surface area (Å²) < 4.78 is 31.8. The van der Waals surface area contributed by atoms with Gasteiger partial charge in [0.25, 0.3) is 5.69 Å². The van der Waals surface area contributed by atoms with Gasteiger partial charge in [-0.1, -0.05) is 12.1 Å². The van der Waals surface area contributed by atoms with Crippen molar-refractivity contribution in [2.24, 2.45) is 0 Å². The van der Waals surface area contributed by atoms with Gasteiger partial charge in [-0.3, -0.25) is 10.1 Å². The quantitative estimate of drug-likeness (QED) is 0.602. The Morgan fingerprint density at radius 2 is 1.96 bits per heavy atom. The molecule has 0 spiro atoms. The van der Waals surface area contributed by atoms with Crippen LogP contribution < -0.4 is 4.74 Å². The van der Waals surface area contributed by atoms with Gasteiger partial charge in [-0.05, 0) is 19.1 Å². The van der Waals surface area contributed by atoms with Crippen molar-refractivity contribution in [1.29, 1.82) is 0 Å². The van der Waals surface area contributed by atoms with Gasteiger partial charge in [0, 0.05) is 23.9 Å². The third-order valence-corrected chi connectivity index (χ3v) is 5.46. The van der Waals surface area contributed by atoms with Crippen LogP contribution in [0.1, 0.15) is 5.69 Å². The van der Waals surface area contributed by atoms with Crippen molar-refractivity contribution in [3.05, 3.63) is 58.3 Å². The van der Waals surface area contributed by atoms with Gasteiger partial charge in [-0.15, -0.1) is 0 Å². The van der Waals surface area contributed by atoms with Crippen LogP contribution in [0.25, 0.3) is 0 Å². The number of non-ortho nitro benzene ring substituents is 1. The van der Waals surface area contributed by atoms with E-state index in [-0.39, 0.29) is 29.8 Å². The maximum atomic E-state index is 12.5. The Morgan fingerprint density at radius 3 is 2.62 bits per heavy atom. The highest BCUT2D eigenvalue weighted by molar-refractivity contribution is 7.89. The van der Waals surface area contributed by atoms with E-state index in [0.717, 1.165) is 11.8 Å². The van der Waals surface area contributed by atoms with Crippen LogP contribution in [0.4, 0.5) is 5.69 Å². The number of nitrogens with zero attached hydrogens (tertiary/aromatic N) is 3. The highest BCUT2D eigenvalue weighted by atomic mass is 32.2. The lowest BCUT2D eigenvalue weighted by molar-refractivity contribution is -0.385. The molecule has 2 heterocycles. The van der Waals surface area contributed by atoms with Crippen LogP contribution in [0.2, 0.25) is 0 Å². The Kier molecular flexibility index (Phi) is 4.20. The maximum Gasteiger partial charge on any atom is 0.270 e. The summed E-state index contributed by atoms with van der Waals surface area (Å²) in [5.74, 6) is 0.451. The second-order valence-electron chi connectivity index (χ2n) is 5.43. The molecule has 1 aromatic heterocycles. The summed E-state index contributed by atoms with van der Waals surface area (Å²) in [6.07, 6.45) is -0.284. The molecule has 0 bridgehead atoms. The molecular formula is C15H15N3O5S. The lowest BCUT2D eigenvalue weighted by Gasteiger charge is -2.37. The summed E-state index contributed by atoms with van der Waals surface area (Å²) in [6.45, 7) is 2.20. The van der Waals surface area contributed by atoms with Gasteiger partial charge in [-0.2, -0.15) is 4.31 Å². The number of hydrogen-bond acceptors (Lipinski definition) is 6. The number of nitro groups is 1. The Morgan fingerprint density at radius 1 is 1.25 bits per heavy atom. The Labute approximate surface area is 138 Å². The predicted octanol–water partition coefficient (Wildman–Crippen LogP) is 1.75. The smallest absolute Gasteiger partial charge is 0.270 e. The van der Waals surface area contributed by atoms with E-state index in [9.17, 15) is 18.5 Å². The Hall–Kier alpha value is -2.52. The summed E-state index contributed by atoms with van der Waals surface area (Å²) in [6, 6.07) is 10.4. The topological polar surface area (TPSA) is 103 Å². The van der Waals surface area contributed by atoms with Crippen molar-refractivity contribution in [2.75, 3.05) is 13.1 Å². The van der Waals surface area contributed by atoms with E-state index in [1.165, 1.54) is 22.5 Å². The van der Waals surface area contributed by atoms with E-state index in [0.29, 0.717) is 5.88 Å². The number of rotatable bonds is 5. The van der Waals surface area contributed by atoms with Crippen LogP contribution >= 0.6 is 0 Å². The van der Waals surface area contributed by atoms with Gasteiger partial charge in [0.2, 0.25) is 15.9 Å². The summed E-state index contributed by atoms with van der Waals surface area (Å²) in [5, 5.41) is 10.8. The number of sulfonamides is 1. The second kappa shape index (κ2) is 6.17.